The Bertz CT molecular complexity index is 582. The Hall–Kier alpha value is -1.56. The zero-order chi connectivity index (χ0) is 13.5. The molecule has 1 aromatic rings. The van der Waals surface area contributed by atoms with Crippen molar-refractivity contribution in [3.05, 3.63) is 59.2 Å². The summed E-state index contributed by atoms with van der Waals surface area (Å²) in [5.41, 5.74) is 7.80. The van der Waals surface area contributed by atoms with Crippen molar-refractivity contribution in [2.75, 3.05) is 0 Å². The third kappa shape index (κ3) is 2.73. The van der Waals surface area contributed by atoms with Gasteiger partial charge in [0.2, 0.25) is 0 Å². The van der Waals surface area contributed by atoms with E-state index in [1.807, 2.05) is 0 Å². The Balaban J connectivity index is 0.000000151. The van der Waals surface area contributed by atoms with Crippen molar-refractivity contribution in [2.24, 2.45) is 0 Å². The first kappa shape index (κ1) is 12.5. The lowest BCUT2D eigenvalue weighted by Crippen LogP contribution is -2.11. The Kier molecular flexibility index (Phi) is 2.97. The molecule has 98 valence electrons. The van der Waals surface area contributed by atoms with Gasteiger partial charge in [-0.05, 0) is 58.6 Å². The van der Waals surface area contributed by atoms with Gasteiger partial charge in [-0.25, -0.2) is 0 Å². The molecule has 0 unspecified atom stereocenters. The van der Waals surface area contributed by atoms with Crippen molar-refractivity contribution in [3.8, 4) is 11.1 Å². The summed E-state index contributed by atoms with van der Waals surface area (Å²) in [6.07, 6.45) is 3.93. The Morgan fingerprint density at radius 2 is 1.47 bits per heavy atom. The molecule has 0 bridgehead atoms. The maximum absolute atomic E-state index is 2.41. The van der Waals surface area contributed by atoms with Crippen LogP contribution < -0.4 is 0 Å². The molecule has 1 aromatic carbocycles. The highest BCUT2D eigenvalue weighted by Gasteiger charge is 2.17. The first-order valence-corrected chi connectivity index (χ1v) is 7.27. The van der Waals surface area contributed by atoms with Crippen LogP contribution in [0.4, 0.5) is 0 Å². The smallest absolute Gasteiger partial charge is 0.0132 e. The van der Waals surface area contributed by atoms with Crippen LogP contribution in [0.15, 0.2) is 42.5 Å². The van der Waals surface area contributed by atoms with Crippen LogP contribution in [0, 0.1) is 0 Å². The van der Waals surface area contributed by atoms with Crippen LogP contribution in [0.3, 0.4) is 0 Å². The lowest BCUT2D eigenvalue weighted by Gasteiger charge is -2.19. The molecule has 4 rings (SSSR count). The molecule has 0 N–H and O–H groups in total. The van der Waals surface area contributed by atoms with Crippen LogP contribution in [-0.4, -0.2) is 0 Å². The topological polar surface area (TPSA) is 0 Å². The van der Waals surface area contributed by atoms with Gasteiger partial charge < -0.3 is 0 Å². The average molecular weight is 250 g/mol. The Labute approximate surface area is 116 Å². The summed E-state index contributed by atoms with van der Waals surface area (Å²) in [7, 11) is 0. The fourth-order valence-electron chi connectivity index (χ4n) is 2.71. The number of rotatable bonds is 0. The summed E-state index contributed by atoms with van der Waals surface area (Å²) in [5.74, 6) is 0. The maximum Gasteiger partial charge on any atom is -0.0132 e. The van der Waals surface area contributed by atoms with Gasteiger partial charge in [-0.3, -0.25) is 0 Å². The van der Waals surface area contributed by atoms with Crippen LogP contribution in [0.2, 0.25) is 0 Å². The molecule has 0 heterocycles. The van der Waals surface area contributed by atoms with E-state index in [-0.39, 0.29) is 0 Å². The number of fused-ring (bicyclic) bond motifs is 2. The lowest BCUT2D eigenvalue weighted by molar-refractivity contribution is 0.589. The van der Waals surface area contributed by atoms with Gasteiger partial charge >= 0.3 is 0 Å². The Morgan fingerprint density at radius 1 is 0.789 bits per heavy atom. The van der Waals surface area contributed by atoms with Crippen LogP contribution in [0.5, 0.6) is 0 Å². The van der Waals surface area contributed by atoms with Crippen LogP contribution >= 0.6 is 0 Å². The highest BCUT2D eigenvalue weighted by Crippen LogP contribution is 2.32. The molecular weight excluding hydrogens is 228 g/mol. The lowest BCUT2D eigenvalue weighted by atomic mass is 9.85. The van der Waals surface area contributed by atoms with E-state index >= 15 is 0 Å². The van der Waals surface area contributed by atoms with Crippen molar-refractivity contribution < 1.29 is 0 Å². The predicted molar refractivity (Wildman–Crippen MR) is 82.6 cm³/mol. The molecule has 0 amide bonds. The summed E-state index contributed by atoms with van der Waals surface area (Å²) in [6.45, 7) is 6.84. The fourth-order valence-corrected chi connectivity index (χ4v) is 2.71. The van der Waals surface area contributed by atoms with Crippen molar-refractivity contribution in [2.45, 2.75) is 45.4 Å². The van der Waals surface area contributed by atoms with E-state index in [4.69, 9.17) is 0 Å². The monoisotopic (exact) mass is 250 g/mol. The molecule has 0 heteroatoms. The minimum absolute atomic E-state index is 0.303. The van der Waals surface area contributed by atoms with Gasteiger partial charge in [-0.2, -0.15) is 0 Å². The maximum atomic E-state index is 2.41. The predicted octanol–water partition coefficient (Wildman–Crippen LogP) is 5.14. The second-order valence-electron chi connectivity index (χ2n) is 6.67. The molecule has 0 atom stereocenters. The summed E-state index contributed by atoms with van der Waals surface area (Å²) in [6, 6.07) is 15.5. The summed E-state index contributed by atoms with van der Waals surface area (Å²) in [5, 5.41) is 0. The molecule has 0 aromatic heterocycles. The van der Waals surface area contributed by atoms with E-state index in [9.17, 15) is 0 Å². The van der Waals surface area contributed by atoms with Crippen molar-refractivity contribution >= 4 is 0 Å². The largest absolute Gasteiger partial charge is 0.0610 e. The van der Waals surface area contributed by atoms with Crippen LogP contribution in [-0.2, 0) is 18.3 Å². The molecule has 0 saturated carbocycles. The van der Waals surface area contributed by atoms with Gasteiger partial charge in [0.15, 0.2) is 0 Å². The number of aryl methyl sites for hydroxylation is 2. The van der Waals surface area contributed by atoms with E-state index in [0.717, 1.165) is 0 Å². The van der Waals surface area contributed by atoms with Gasteiger partial charge in [0.05, 0.1) is 0 Å². The molecule has 0 spiro atoms. The quantitative estimate of drug-likeness (QED) is 0.518. The fraction of sp³-hybridized carbons (Fsp3) is 0.368. The highest BCUT2D eigenvalue weighted by molar-refractivity contribution is 5.80. The minimum Gasteiger partial charge on any atom is -0.0610 e. The molecular formula is C19H22. The molecule has 3 aliphatic carbocycles. The second-order valence-corrected chi connectivity index (χ2v) is 6.67. The first-order valence-electron chi connectivity index (χ1n) is 7.27. The molecule has 19 heavy (non-hydrogen) atoms. The van der Waals surface area contributed by atoms with Gasteiger partial charge in [-0.15, -0.1) is 0 Å². The normalized spacial score (nSPS) is 14.5. The standard InChI is InChI=1S/C13H18.C6H4/c1-13(2,3)12-8-7-10-5-4-6-11(10)9-12;1-2-5-4-6(5)3-1/h7-9H,4-6H2,1-3H3;1-4H. The number of hydrogen-bond donors (Lipinski definition) is 0. The van der Waals surface area contributed by atoms with Gasteiger partial charge in [0, 0.05) is 0 Å². The number of benzene rings is 2. The van der Waals surface area contributed by atoms with E-state index in [1.54, 1.807) is 11.1 Å². The average Bonchev–Trinajstić information content (AvgIpc) is 2.80. The van der Waals surface area contributed by atoms with E-state index in [0.29, 0.717) is 5.41 Å². The third-order valence-electron chi connectivity index (χ3n) is 4.08. The molecule has 0 fully saturated rings. The van der Waals surface area contributed by atoms with Crippen molar-refractivity contribution in [1.29, 1.82) is 0 Å². The van der Waals surface area contributed by atoms with Crippen molar-refractivity contribution in [3.63, 3.8) is 0 Å². The van der Waals surface area contributed by atoms with Crippen LogP contribution in [0.1, 0.15) is 43.9 Å². The van der Waals surface area contributed by atoms with E-state index < -0.39 is 0 Å². The molecule has 0 saturated heterocycles. The molecule has 0 radical (unpaired) electrons. The SMILES string of the molecule is CC(C)(C)c1ccc2c(c1)CCC2.c1cc2cc-2c1. The second kappa shape index (κ2) is 4.52. The van der Waals surface area contributed by atoms with Gasteiger partial charge in [0.25, 0.3) is 0 Å². The van der Waals surface area contributed by atoms with E-state index in [1.165, 1.54) is 36.0 Å². The number of hydrogen-bond acceptors (Lipinski definition) is 0. The van der Waals surface area contributed by atoms with Gasteiger partial charge in [0.1, 0.15) is 0 Å². The summed E-state index contributed by atoms with van der Waals surface area (Å²) in [4.78, 5) is 0. The minimum atomic E-state index is 0.303. The highest BCUT2D eigenvalue weighted by atomic mass is 14.2. The molecule has 0 aliphatic heterocycles. The summed E-state index contributed by atoms with van der Waals surface area (Å²) >= 11 is 0. The van der Waals surface area contributed by atoms with Gasteiger partial charge in [-0.1, -0.05) is 57.2 Å². The van der Waals surface area contributed by atoms with Crippen LogP contribution in [0.25, 0.3) is 11.1 Å². The zero-order valence-corrected chi connectivity index (χ0v) is 12.2. The molecule has 0 nitrogen and oxygen atoms in total. The van der Waals surface area contributed by atoms with Crippen molar-refractivity contribution in [1.82, 2.24) is 0 Å². The summed E-state index contributed by atoms with van der Waals surface area (Å²) < 4.78 is 0. The third-order valence-corrected chi connectivity index (χ3v) is 4.08. The zero-order valence-electron chi connectivity index (χ0n) is 12.2. The first-order chi connectivity index (χ1) is 9.04. The van der Waals surface area contributed by atoms with E-state index in [2.05, 4.69) is 63.2 Å². The Morgan fingerprint density at radius 3 is 2.00 bits per heavy atom. The molecule has 3 aliphatic rings.